The first-order chi connectivity index (χ1) is 11.7. The second-order valence-electron chi connectivity index (χ2n) is 7.92. The Hall–Kier alpha value is -1.60. The van der Waals surface area contributed by atoms with E-state index in [9.17, 15) is 13.2 Å². The minimum Gasteiger partial charge on any atom is -0.330 e. The Labute approximate surface area is 149 Å². The van der Waals surface area contributed by atoms with Crippen LogP contribution in [-0.4, -0.2) is 26.7 Å². The molecule has 0 spiro atoms. The number of benzene rings is 1. The van der Waals surface area contributed by atoms with Gasteiger partial charge in [-0.05, 0) is 72.7 Å². The molecule has 0 heterocycles. The fraction of sp³-hybridized carbons (Fsp3) is 0.611. The van der Waals surface area contributed by atoms with Crippen molar-refractivity contribution in [1.29, 1.82) is 0 Å². The van der Waals surface area contributed by atoms with Gasteiger partial charge in [0.15, 0.2) is 0 Å². The molecule has 6 nitrogen and oxygen atoms in total. The van der Waals surface area contributed by atoms with Crippen LogP contribution in [0.15, 0.2) is 6.07 Å². The van der Waals surface area contributed by atoms with Gasteiger partial charge in [-0.1, -0.05) is 19.9 Å². The molecule has 138 valence electrons. The predicted octanol–water partition coefficient (Wildman–Crippen LogP) is 2.10. The van der Waals surface area contributed by atoms with Crippen LogP contribution >= 0.6 is 0 Å². The summed E-state index contributed by atoms with van der Waals surface area (Å²) in [5.41, 5.74) is 10.8. The number of rotatable bonds is 5. The molecule has 0 aliphatic heterocycles. The average molecular weight is 365 g/mol. The summed E-state index contributed by atoms with van der Waals surface area (Å²) in [5.74, 6) is -0.186. The number of nitrogens with one attached hydrogen (secondary N) is 2. The van der Waals surface area contributed by atoms with Crippen molar-refractivity contribution in [3.8, 4) is 0 Å². The third-order valence-corrected chi connectivity index (χ3v) is 6.75. The third kappa shape index (κ3) is 3.98. The molecule has 2 amide bonds. The Morgan fingerprint density at radius 1 is 1.12 bits per heavy atom. The molecule has 0 bridgehead atoms. The lowest BCUT2D eigenvalue weighted by atomic mass is 9.97. The molecule has 0 radical (unpaired) electrons. The lowest BCUT2D eigenvalue weighted by Gasteiger charge is -2.22. The van der Waals surface area contributed by atoms with Crippen LogP contribution in [0.2, 0.25) is 0 Å². The van der Waals surface area contributed by atoms with Crippen LogP contribution in [0.3, 0.4) is 0 Å². The molecule has 0 saturated heterocycles. The Bertz CT molecular complexity index is 768. The largest absolute Gasteiger partial charge is 0.332 e. The molecule has 0 atom stereocenters. The minimum atomic E-state index is -3.74. The fourth-order valence-corrected chi connectivity index (χ4v) is 5.41. The van der Waals surface area contributed by atoms with Crippen LogP contribution in [0.4, 0.5) is 10.5 Å². The molecular weight excluding hydrogens is 338 g/mol. The lowest BCUT2D eigenvalue weighted by Crippen LogP contribution is -2.42. The van der Waals surface area contributed by atoms with Crippen molar-refractivity contribution in [2.45, 2.75) is 52.4 Å². The molecule has 1 aromatic rings. The number of fused-ring (bicyclic) bond motifs is 2. The second-order valence-corrected chi connectivity index (χ2v) is 9.64. The molecule has 2 aliphatic rings. The zero-order chi connectivity index (χ0) is 18.2. The van der Waals surface area contributed by atoms with E-state index < -0.39 is 21.5 Å². The van der Waals surface area contributed by atoms with Gasteiger partial charge in [-0.25, -0.2) is 17.9 Å². The first-order valence-electron chi connectivity index (χ1n) is 8.89. The number of aryl methyl sites for hydroxylation is 2. The van der Waals surface area contributed by atoms with Gasteiger partial charge in [0.25, 0.3) is 0 Å². The first-order valence-corrected chi connectivity index (χ1v) is 10.5. The first kappa shape index (κ1) is 18.2. The number of hydrogen-bond acceptors (Lipinski definition) is 4. The molecule has 25 heavy (non-hydrogen) atoms. The van der Waals surface area contributed by atoms with Crippen LogP contribution in [0.25, 0.3) is 0 Å². The van der Waals surface area contributed by atoms with E-state index >= 15 is 0 Å². The maximum absolute atomic E-state index is 12.4. The Kier molecular flexibility index (Phi) is 4.81. The molecule has 3 rings (SSSR count). The number of carbonyl (C=O) groups excluding carboxylic acids is 1. The van der Waals surface area contributed by atoms with Crippen molar-refractivity contribution in [2.24, 2.45) is 11.1 Å². The quantitative estimate of drug-likeness (QED) is 0.744. The Balaban J connectivity index is 1.79. The van der Waals surface area contributed by atoms with Crippen LogP contribution in [-0.2, 0) is 35.7 Å². The van der Waals surface area contributed by atoms with Crippen molar-refractivity contribution in [3.05, 3.63) is 28.3 Å². The summed E-state index contributed by atoms with van der Waals surface area (Å²) < 4.78 is 26.6. The SMILES string of the molecule is CC(C)(CN)CS(=O)(=O)NC(=O)Nc1c2c(cc3c1CCC3)CCC2. The molecule has 4 N–H and O–H groups in total. The summed E-state index contributed by atoms with van der Waals surface area (Å²) in [5, 5.41) is 2.84. The summed E-state index contributed by atoms with van der Waals surface area (Å²) in [6, 6.07) is 1.59. The zero-order valence-corrected chi connectivity index (χ0v) is 15.8. The molecule has 2 aliphatic carbocycles. The van der Waals surface area contributed by atoms with Gasteiger partial charge in [0.1, 0.15) is 0 Å². The Morgan fingerprint density at radius 2 is 1.68 bits per heavy atom. The second kappa shape index (κ2) is 6.61. The van der Waals surface area contributed by atoms with Gasteiger partial charge in [0.05, 0.1) is 5.75 Å². The van der Waals surface area contributed by atoms with E-state index in [1.807, 2.05) is 0 Å². The highest BCUT2D eigenvalue weighted by Crippen LogP contribution is 2.38. The highest BCUT2D eigenvalue weighted by atomic mass is 32.2. The van der Waals surface area contributed by atoms with E-state index in [-0.39, 0.29) is 12.3 Å². The predicted molar refractivity (Wildman–Crippen MR) is 99.3 cm³/mol. The van der Waals surface area contributed by atoms with Crippen molar-refractivity contribution in [1.82, 2.24) is 4.72 Å². The van der Waals surface area contributed by atoms with Crippen molar-refractivity contribution >= 4 is 21.7 Å². The van der Waals surface area contributed by atoms with Crippen LogP contribution in [0.1, 0.15) is 48.9 Å². The third-order valence-electron chi connectivity index (χ3n) is 5.09. The number of anilines is 1. The smallest absolute Gasteiger partial charge is 0.330 e. The normalized spacial score (nSPS) is 16.4. The average Bonchev–Trinajstić information content (AvgIpc) is 3.13. The Morgan fingerprint density at radius 3 is 2.20 bits per heavy atom. The minimum absolute atomic E-state index is 0.186. The van der Waals surface area contributed by atoms with Gasteiger partial charge < -0.3 is 11.1 Å². The van der Waals surface area contributed by atoms with Gasteiger partial charge in [0.2, 0.25) is 10.0 Å². The van der Waals surface area contributed by atoms with Gasteiger partial charge >= 0.3 is 6.03 Å². The van der Waals surface area contributed by atoms with E-state index in [0.717, 1.165) is 44.2 Å². The van der Waals surface area contributed by atoms with Gasteiger partial charge in [-0.15, -0.1) is 0 Å². The van der Waals surface area contributed by atoms with Crippen molar-refractivity contribution in [3.63, 3.8) is 0 Å². The van der Waals surface area contributed by atoms with E-state index in [1.165, 1.54) is 22.3 Å². The number of urea groups is 1. The lowest BCUT2D eigenvalue weighted by molar-refractivity contribution is 0.256. The number of carbonyl (C=O) groups is 1. The molecule has 1 aromatic carbocycles. The van der Waals surface area contributed by atoms with E-state index in [2.05, 4.69) is 16.1 Å². The molecule has 0 fully saturated rings. The van der Waals surface area contributed by atoms with Crippen LogP contribution in [0.5, 0.6) is 0 Å². The van der Waals surface area contributed by atoms with Crippen molar-refractivity contribution in [2.75, 3.05) is 17.6 Å². The summed E-state index contributed by atoms with van der Waals surface area (Å²) in [6.45, 7) is 3.76. The summed E-state index contributed by atoms with van der Waals surface area (Å²) in [4.78, 5) is 12.4. The zero-order valence-electron chi connectivity index (χ0n) is 14.9. The number of nitrogens with two attached hydrogens (primary N) is 1. The molecule has 0 saturated carbocycles. The maximum Gasteiger partial charge on any atom is 0.332 e. The highest BCUT2D eigenvalue weighted by Gasteiger charge is 2.28. The standard InChI is InChI=1S/C18H27N3O3S/c1-18(2,10-19)11-25(23,24)21-17(22)20-16-14-7-3-5-12(14)9-13-6-4-8-15(13)16/h9H,3-8,10-11,19H2,1-2H3,(H2,20,21,22). The molecule has 0 aromatic heterocycles. The van der Waals surface area contributed by atoms with Gasteiger partial charge in [-0.2, -0.15) is 0 Å². The summed E-state index contributed by atoms with van der Waals surface area (Å²) in [6.07, 6.45) is 6.09. The number of sulfonamides is 1. The number of amides is 2. The molecule has 0 unspecified atom stereocenters. The van der Waals surface area contributed by atoms with E-state index in [1.54, 1.807) is 13.8 Å². The fourth-order valence-electron chi connectivity index (χ4n) is 3.86. The topological polar surface area (TPSA) is 101 Å². The maximum atomic E-state index is 12.4. The number of hydrogen-bond donors (Lipinski definition) is 3. The van der Waals surface area contributed by atoms with Gasteiger partial charge in [0, 0.05) is 5.69 Å². The van der Waals surface area contributed by atoms with Gasteiger partial charge in [-0.3, -0.25) is 0 Å². The summed E-state index contributed by atoms with van der Waals surface area (Å²) >= 11 is 0. The molecular formula is C18H27N3O3S. The van der Waals surface area contributed by atoms with E-state index in [4.69, 9.17) is 5.73 Å². The van der Waals surface area contributed by atoms with Crippen molar-refractivity contribution < 1.29 is 13.2 Å². The molecule has 7 heteroatoms. The highest BCUT2D eigenvalue weighted by molar-refractivity contribution is 7.90. The monoisotopic (exact) mass is 365 g/mol. The van der Waals surface area contributed by atoms with E-state index in [0.29, 0.717) is 0 Å². The van der Waals surface area contributed by atoms with Crippen LogP contribution in [0, 0.1) is 5.41 Å². The summed E-state index contributed by atoms with van der Waals surface area (Å²) in [7, 11) is -3.74. The van der Waals surface area contributed by atoms with Crippen LogP contribution < -0.4 is 15.8 Å².